The van der Waals surface area contributed by atoms with Crippen molar-refractivity contribution in [3.05, 3.63) is 29.8 Å². The number of carbonyl (C=O) groups excluding carboxylic acids is 2. The summed E-state index contributed by atoms with van der Waals surface area (Å²) >= 11 is 0. The molecule has 1 aliphatic carbocycles. The van der Waals surface area contributed by atoms with Crippen molar-refractivity contribution in [1.29, 1.82) is 0 Å². The number of primary amides is 1. The third-order valence-corrected chi connectivity index (χ3v) is 7.20. The Morgan fingerprint density at radius 2 is 1.85 bits per heavy atom. The second-order valence-electron chi connectivity index (χ2n) is 7.23. The summed E-state index contributed by atoms with van der Waals surface area (Å²) in [5.74, 6) is -0.454. The fourth-order valence-electron chi connectivity index (χ4n) is 3.93. The highest BCUT2D eigenvalue weighted by Crippen LogP contribution is 2.30. The number of likely N-dealkylation sites (tertiary alicyclic amines) is 1. The van der Waals surface area contributed by atoms with E-state index >= 15 is 0 Å². The summed E-state index contributed by atoms with van der Waals surface area (Å²) in [5, 5.41) is 0. The summed E-state index contributed by atoms with van der Waals surface area (Å²) in [4.78, 5) is 25.5. The molecular formula is C18H25N3O4S. The highest BCUT2D eigenvalue weighted by Gasteiger charge is 2.37. The largest absolute Gasteiger partial charge is 0.366 e. The fourth-order valence-corrected chi connectivity index (χ4v) is 5.18. The molecular weight excluding hydrogens is 354 g/mol. The standard InChI is InChI=1S/C18H25N3O4S/c1-20(26(24,25)16-8-6-14(7-9-16)18(19)23)11-13-10-17(22)21(12-13)15-4-2-3-5-15/h6-9,13,15H,2-5,10-12H2,1H3,(H2,19,23). The molecule has 1 aliphatic heterocycles. The molecule has 2 aliphatic rings. The first kappa shape index (κ1) is 18.8. The number of rotatable bonds is 6. The molecule has 7 nitrogen and oxygen atoms in total. The molecule has 26 heavy (non-hydrogen) atoms. The Morgan fingerprint density at radius 1 is 1.23 bits per heavy atom. The Kier molecular flexibility index (Phi) is 5.34. The Morgan fingerprint density at radius 3 is 2.42 bits per heavy atom. The Hall–Kier alpha value is -1.93. The van der Waals surface area contributed by atoms with Gasteiger partial charge in [0.15, 0.2) is 0 Å². The average Bonchev–Trinajstić information content (AvgIpc) is 3.24. The molecule has 1 saturated carbocycles. The van der Waals surface area contributed by atoms with E-state index in [1.807, 2.05) is 4.90 Å². The lowest BCUT2D eigenvalue weighted by atomic mass is 10.1. The molecule has 1 heterocycles. The normalized spacial score (nSPS) is 21.7. The molecule has 1 aromatic carbocycles. The van der Waals surface area contributed by atoms with E-state index in [1.165, 1.54) is 35.6 Å². The van der Waals surface area contributed by atoms with Gasteiger partial charge in [0.05, 0.1) is 4.90 Å². The van der Waals surface area contributed by atoms with Crippen LogP contribution in [0.4, 0.5) is 0 Å². The first-order valence-electron chi connectivity index (χ1n) is 8.94. The number of sulfonamides is 1. The topological polar surface area (TPSA) is 101 Å². The fraction of sp³-hybridized carbons (Fsp3) is 0.556. The number of hydrogen-bond donors (Lipinski definition) is 1. The van der Waals surface area contributed by atoms with Crippen molar-refractivity contribution in [2.75, 3.05) is 20.1 Å². The van der Waals surface area contributed by atoms with Gasteiger partial charge >= 0.3 is 0 Å². The molecule has 1 saturated heterocycles. The maximum atomic E-state index is 12.7. The number of amides is 2. The molecule has 0 aromatic heterocycles. The van der Waals surface area contributed by atoms with E-state index in [-0.39, 0.29) is 22.3 Å². The summed E-state index contributed by atoms with van der Waals surface area (Å²) in [7, 11) is -2.14. The number of hydrogen-bond acceptors (Lipinski definition) is 4. The third-order valence-electron chi connectivity index (χ3n) is 5.37. The summed E-state index contributed by atoms with van der Waals surface area (Å²) in [6.07, 6.45) is 4.83. The first-order chi connectivity index (χ1) is 12.3. The number of benzene rings is 1. The van der Waals surface area contributed by atoms with E-state index < -0.39 is 15.9 Å². The maximum Gasteiger partial charge on any atom is 0.248 e. The molecule has 0 radical (unpaired) electrons. The second-order valence-corrected chi connectivity index (χ2v) is 9.27. The van der Waals surface area contributed by atoms with Crippen LogP contribution >= 0.6 is 0 Å². The number of nitrogens with zero attached hydrogens (tertiary/aromatic N) is 2. The van der Waals surface area contributed by atoms with E-state index in [4.69, 9.17) is 5.73 Å². The Labute approximate surface area is 154 Å². The van der Waals surface area contributed by atoms with Gasteiger partial charge in [-0.15, -0.1) is 0 Å². The molecule has 2 N–H and O–H groups in total. The van der Waals surface area contributed by atoms with Crippen LogP contribution in [-0.2, 0) is 14.8 Å². The van der Waals surface area contributed by atoms with Crippen LogP contribution in [0.15, 0.2) is 29.2 Å². The Balaban J connectivity index is 1.66. The molecule has 3 rings (SSSR count). The second kappa shape index (κ2) is 7.36. The van der Waals surface area contributed by atoms with Gasteiger partial charge in [-0.2, -0.15) is 0 Å². The van der Waals surface area contributed by atoms with E-state index in [0.717, 1.165) is 25.7 Å². The van der Waals surface area contributed by atoms with Crippen molar-refractivity contribution in [3.63, 3.8) is 0 Å². The molecule has 0 bridgehead atoms. The third kappa shape index (κ3) is 3.76. The molecule has 1 unspecified atom stereocenters. The van der Waals surface area contributed by atoms with Gasteiger partial charge in [0, 0.05) is 38.2 Å². The zero-order valence-corrected chi connectivity index (χ0v) is 15.7. The van der Waals surface area contributed by atoms with E-state index in [1.54, 1.807) is 0 Å². The molecule has 8 heteroatoms. The zero-order valence-electron chi connectivity index (χ0n) is 14.9. The van der Waals surface area contributed by atoms with E-state index in [9.17, 15) is 18.0 Å². The summed E-state index contributed by atoms with van der Waals surface area (Å²) in [6, 6.07) is 5.91. The highest BCUT2D eigenvalue weighted by molar-refractivity contribution is 7.89. The van der Waals surface area contributed by atoms with Gasteiger partial charge in [0.25, 0.3) is 0 Å². The van der Waals surface area contributed by atoms with Crippen molar-refractivity contribution in [2.24, 2.45) is 11.7 Å². The van der Waals surface area contributed by atoms with Crippen LogP contribution in [0, 0.1) is 5.92 Å². The van der Waals surface area contributed by atoms with Crippen molar-refractivity contribution < 1.29 is 18.0 Å². The molecule has 1 atom stereocenters. The minimum Gasteiger partial charge on any atom is -0.366 e. The van der Waals surface area contributed by atoms with Gasteiger partial charge in [0.2, 0.25) is 21.8 Å². The lowest BCUT2D eigenvalue weighted by Gasteiger charge is -2.25. The summed E-state index contributed by atoms with van der Waals surface area (Å²) in [5.41, 5.74) is 5.45. The van der Waals surface area contributed by atoms with Crippen LogP contribution in [0.1, 0.15) is 42.5 Å². The van der Waals surface area contributed by atoms with Crippen LogP contribution < -0.4 is 5.73 Å². The summed E-state index contributed by atoms with van der Waals surface area (Å²) in [6.45, 7) is 0.929. The maximum absolute atomic E-state index is 12.7. The number of carbonyl (C=O) groups is 2. The van der Waals surface area contributed by atoms with Crippen LogP contribution in [0.25, 0.3) is 0 Å². The lowest BCUT2D eigenvalue weighted by molar-refractivity contribution is -0.129. The minimum atomic E-state index is -3.67. The van der Waals surface area contributed by atoms with E-state index in [2.05, 4.69) is 0 Å². The average molecular weight is 379 g/mol. The molecule has 142 valence electrons. The quantitative estimate of drug-likeness (QED) is 0.802. The smallest absolute Gasteiger partial charge is 0.248 e. The predicted octanol–water partition coefficient (Wildman–Crippen LogP) is 1.20. The monoisotopic (exact) mass is 379 g/mol. The SMILES string of the molecule is CN(CC1CC(=O)N(C2CCCC2)C1)S(=O)(=O)c1ccc(C(N)=O)cc1. The van der Waals surface area contributed by atoms with Crippen molar-refractivity contribution >= 4 is 21.8 Å². The molecule has 1 aromatic rings. The van der Waals surface area contributed by atoms with Gasteiger partial charge in [-0.1, -0.05) is 12.8 Å². The van der Waals surface area contributed by atoms with Crippen LogP contribution in [0.2, 0.25) is 0 Å². The zero-order chi connectivity index (χ0) is 18.9. The van der Waals surface area contributed by atoms with Crippen LogP contribution in [0.3, 0.4) is 0 Å². The molecule has 0 spiro atoms. The van der Waals surface area contributed by atoms with Gasteiger partial charge in [-0.3, -0.25) is 9.59 Å². The predicted molar refractivity (Wildman–Crippen MR) is 96.9 cm³/mol. The van der Waals surface area contributed by atoms with Crippen molar-refractivity contribution in [2.45, 2.75) is 43.0 Å². The van der Waals surface area contributed by atoms with Gasteiger partial charge < -0.3 is 10.6 Å². The minimum absolute atomic E-state index is 0.00719. The van der Waals surface area contributed by atoms with Crippen molar-refractivity contribution in [3.8, 4) is 0 Å². The van der Waals surface area contributed by atoms with Gasteiger partial charge in [-0.25, -0.2) is 12.7 Å². The highest BCUT2D eigenvalue weighted by atomic mass is 32.2. The Bertz CT molecular complexity index is 785. The molecule has 2 amide bonds. The first-order valence-corrected chi connectivity index (χ1v) is 10.4. The van der Waals surface area contributed by atoms with Crippen molar-refractivity contribution in [1.82, 2.24) is 9.21 Å². The lowest BCUT2D eigenvalue weighted by Crippen LogP contribution is -2.36. The summed E-state index contributed by atoms with van der Waals surface area (Å²) < 4.78 is 26.8. The van der Waals surface area contributed by atoms with Gasteiger partial charge in [-0.05, 0) is 43.0 Å². The van der Waals surface area contributed by atoms with Crippen LogP contribution in [0.5, 0.6) is 0 Å². The molecule has 2 fully saturated rings. The van der Waals surface area contributed by atoms with E-state index in [0.29, 0.717) is 25.6 Å². The van der Waals surface area contributed by atoms with Gasteiger partial charge in [0.1, 0.15) is 0 Å². The van der Waals surface area contributed by atoms with Crippen LogP contribution in [-0.4, -0.2) is 55.6 Å². The number of nitrogens with two attached hydrogens (primary N) is 1.